The fourth-order valence-electron chi connectivity index (χ4n) is 3.85. The maximum atomic E-state index is 13.6. The summed E-state index contributed by atoms with van der Waals surface area (Å²) in [7, 11) is 0. The largest absolute Gasteiger partial charge is 0.416 e. The SMILES string of the molecule is FC(F)(F)c1cc(-c2nc(NCCc3cccnc3)nc(N3CCOCC3)n2)c2cc[nH]c2c1. The molecular formula is C23H22F3N7O. The van der Waals surface area contributed by atoms with Gasteiger partial charge in [-0.3, -0.25) is 4.98 Å². The Balaban J connectivity index is 1.53. The van der Waals surface area contributed by atoms with Crippen LogP contribution in [0.4, 0.5) is 25.1 Å². The summed E-state index contributed by atoms with van der Waals surface area (Å²) in [6.07, 6.45) is 1.28. The second-order valence-electron chi connectivity index (χ2n) is 7.88. The molecule has 0 bridgehead atoms. The Hall–Kier alpha value is -3.73. The molecule has 1 fully saturated rings. The molecule has 0 saturated carbocycles. The molecule has 34 heavy (non-hydrogen) atoms. The average molecular weight is 469 g/mol. The highest BCUT2D eigenvalue weighted by molar-refractivity contribution is 5.94. The second-order valence-corrected chi connectivity index (χ2v) is 7.88. The lowest BCUT2D eigenvalue weighted by Crippen LogP contribution is -2.37. The number of aromatic nitrogens is 5. The number of rotatable bonds is 6. The van der Waals surface area contributed by atoms with Crippen LogP contribution in [0.25, 0.3) is 22.3 Å². The van der Waals surface area contributed by atoms with Gasteiger partial charge < -0.3 is 19.9 Å². The summed E-state index contributed by atoms with van der Waals surface area (Å²) in [6.45, 7) is 2.74. The van der Waals surface area contributed by atoms with Crippen molar-refractivity contribution in [3.8, 4) is 11.4 Å². The van der Waals surface area contributed by atoms with Crippen molar-refractivity contribution in [2.75, 3.05) is 43.1 Å². The van der Waals surface area contributed by atoms with Gasteiger partial charge in [0.05, 0.1) is 18.8 Å². The number of alkyl halides is 3. The Morgan fingerprint density at radius 1 is 1.09 bits per heavy atom. The lowest BCUT2D eigenvalue weighted by molar-refractivity contribution is -0.137. The minimum absolute atomic E-state index is 0.177. The number of pyridine rings is 1. The van der Waals surface area contributed by atoms with Gasteiger partial charge in [-0.1, -0.05) is 6.07 Å². The first-order valence-corrected chi connectivity index (χ1v) is 10.9. The third-order valence-electron chi connectivity index (χ3n) is 5.57. The van der Waals surface area contributed by atoms with Crippen LogP contribution in [0.2, 0.25) is 0 Å². The number of morpholine rings is 1. The lowest BCUT2D eigenvalue weighted by Gasteiger charge is -2.27. The number of aromatic amines is 1. The van der Waals surface area contributed by atoms with Gasteiger partial charge in [-0.2, -0.15) is 28.1 Å². The van der Waals surface area contributed by atoms with Crippen molar-refractivity contribution in [1.29, 1.82) is 0 Å². The zero-order valence-corrected chi connectivity index (χ0v) is 18.1. The van der Waals surface area contributed by atoms with Crippen molar-refractivity contribution >= 4 is 22.8 Å². The molecule has 1 aliphatic heterocycles. The van der Waals surface area contributed by atoms with E-state index >= 15 is 0 Å². The van der Waals surface area contributed by atoms with Gasteiger partial charge >= 0.3 is 6.18 Å². The third kappa shape index (κ3) is 4.79. The molecule has 0 radical (unpaired) electrons. The molecule has 1 aliphatic rings. The lowest BCUT2D eigenvalue weighted by atomic mass is 10.0. The molecule has 0 atom stereocenters. The molecule has 4 aromatic rings. The normalized spacial score (nSPS) is 14.5. The van der Waals surface area contributed by atoms with Gasteiger partial charge in [-0.25, -0.2) is 0 Å². The minimum atomic E-state index is -4.50. The van der Waals surface area contributed by atoms with E-state index in [2.05, 4.69) is 30.2 Å². The number of ether oxygens (including phenoxy) is 1. The van der Waals surface area contributed by atoms with Crippen LogP contribution in [-0.2, 0) is 17.3 Å². The van der Waals surface area contributed by atoms with E-state index in [4.69, 9.17) is 4.74 Å². The highest BCUT2D eigenvalue weighted by Gasteiger charge is 2.32. The van der Waals surface area contributed by atoms with E-state index in [-0.39, 0.29) is 5.82 Å². The molecule has 1 saturated heterocycles. The molecule has 0 spiro atoms. The maximum absolute atomic E-state index is 13.6. The number of nitrogens with one attached hydrogen (secondary N) is 2. The van der Waals surface area contributed by atoms with E-state index in [1.165, 1.54) is 0 Å². The smallest absolute Gasteiger partial charge is 0.378 e. The summed E-state index contributed by atoms with van der Waals surface area (Å²) in [6, 6.07) is 7.74. The van der Waals surface area contributed by atoms with E-state index in [0.29, 0.717) is 67.6 Å². The van der Waals surface area contributed by atoms with Gasteiger partial charge in [0.25, 0.3) is 0 Å². The number of benzene rings is 1. The predicted octanol–water partition coefficient (Wildman–Crippen LogP) is 3.92. The molecule has 8 nitrogen and oxygen atoms in total. The summed E-state index contributed by atoms with van der Waals surface area (Å²) in [5.74, 6) is 0.880. The van der Waals surface area contributed by atoms with Crippen LogP contribution in [0, 0.1) is 0 Å². The number of halogens is 3. The van der Waals surface area contributed by atoms with Crippen LogP contribution >= 0.6 is 0 Å². The van der Waals surface area contributed by atoms with Crippen LogP contribution in [0.5, 0.6) is 0 Å². The molecule has 11 heteroatoms. The van der Waals surface area contributed by atoms with Crippen molar-refractivity contribution in [2.45, 2.75) is 12.6 Å². The fraction of sp³-hybridized carbons (Fsp3) is 0.304. The van der Waals surface area contributed by atoms with Crippen LogP contribution in [0.1, 0.15) is 11.1 Å². The van der Waals surface area contributed by atoms with Crippen LogP contribution in [-0.4, -0.2) is 57.8 Å². The number of hydrogen-bond donors (Lipinski definition) is 2. The third-order valence-corrected chi connectivity index (χ3v) is 5.57. The summed E-state index contributed by atoms with van der Waals surface area (Å²) < 4.78 is 46.2. The van der Waals surface area contributed by atoms with E-state index in [9.17, 15) is 13.2 Å². The van der Waals surface area contributed by atoms with E-state index in [0.717, 1.165) is 17.7 Å². The summed E-state index contributed by atoms with van der Waals surface area (Å²) >= 11 is 0. The Labute approximate surface area is 193 Å². The molecule has 0 unspecified atom stereocenters. The van der Waals surface area contributed by atoms with E-state index < -0.39 is 11.7 Å². The zero-order valence-electron chi connectivity index (χ0n) is 18.1. The van der Waals surface area contributed by atoms with E-state index in [1.807, 2.05) is 17.0 Å². The number of nitrogens with zero attached hydrogens (tertiary/aromatic N) is 5. The Morgan fingerprint density at radius 3 is 2.71 bits per heavy atom. The first-order chi connectivity index (χ1) is 16.5. The number of fused-ring (bicyclic) bond motifs is 1. The molecule has 2 N–H and O–H groups in total. The standard InChI is InChI=1S/C23H22F3N7O/c24-23(25,26)16-12-18(17-4-7-28-19(17)13-16)20-30-21(29-6-3-15-2-1-5-27-14-15)32-22(31-20)33-8-10-34-11-9-33/h1-2,4-5,7,12-14,28H,3,6,8-11H2,(H,29,30,31,32). The number of anilines is 2. The van der Waals surface area contributed by atoms with Gasteiger partial charge in [0.2, 0.25) is 11.9 Å². The molecule has 176 valence electrons. The molecular weight excluding hydrogens is 447 g/mol. The Bertz CT molecular complexity index is 1270. The first-order valence-electron chi connectivity index (χ1n) is 10.9. The molecule has 1 aromatic carbocycles. The van der Waals surface area contributed by atoms with E-state index in [1.54, 1.807) is 24.7 Å². The quantitative estimate of drug-likeness (QED) is 0.442. The zero-order chi connectivity index (χ0) is 23.5. The predicted molar refractivity (Wildman–Crippen MR) is 122 cm³/mol. The second kappa shape index (κ2) is 9.26. The summed E-state index contributed by atoms with van der Waals surface area (Å²) in [4.78, 5) is 22.5. The molecule has 0 amide bonds. The number of H-pyrrole nitrogens is 1. The molecule has 4 heterocycles. The van der Waals surface area contributed by atoms with Crippen LogP contribution < -0.4 is 10.2 Å². The van der Waals surface area contributed by atoms with Crippen molar-refractivity contribution in [3.05, 3.63) is 60.0 Å². The molecule has 3 aromatic heterocycles. The minimum Gasteiger partial charge on any atom is -0.378 e. The summed E-state index contributed by atoms with van der Waals surface area (Å²) in [5.41, 5.74) is 0.934. The van der Waals surface area contributed by atoms with Gasteiger partial charge in [-0.15, -0.1) is 0 Å². The van der Waals surface area contributed by atoms with Crippen molar-refractivity contribution in [2.24, 2.45) is 0 Å². The summed E-state index contributed by atoms with van der Waals surface area (Å²) in [5, 5.41) is 3.80. The maximum Gasteiger partial charge on any atom is 0.416 e. The average Bonchev–Trinajstić information content (AvgIpc) is 3.33. The highest BCUT2D eigenvalue weighted by Crippen LogP contribution is 2.36. The molecule has 5 rings (SSSR count). The van der Waals surface area contributed by atoms with Crippen molar-refractivity contribution < 1.29 is 17.9 Å². The fourth-order valence-corrected chi connectivity index (χ4v) is 3.85. The molecule has 0 aliphatic carbocycles. The highest BCUT2D eigenvalue weighted by atomic mass is 19.4. The van der Waals surface area contributed by atoms with Gasteiger partial charge in [-0.05, 0) is 36.2 Å². The topological polar surface area (TPSA) is 91.8 Å². The Morgan fingerprint density at radius 2 is 1.94 bits per heavy atom. The monoisotopic (exact) mass is 469 g/mol. The van der Waals surface area contributed by atoms with Crippen molar-refractivity contribution in [3.63, 3.8) is 0 Å². The van der Waals surface area contributed by atoms with Gasteiger partial charge in [0, 0.05) is 54.7 Å². The number of hydrogen-bond acceptors (Lipinski definition) is 7. The van der Waals surface area contributed by atoms with Crippen LogP contribution in [0.15, 0.2) is 48.9 Å². The van der Waals surface area contributed by atoms with Crippen LogP contribution in [0.3, 0.4) is 0 Å². The first kappa shape index (κ1) is 22.1. The van der Waals surface area contributed by atoms with Gasteiger partial charge in [0.1, 0.15) is 0 Å². The Kier molecular flexibility index (Phi) is 6.01. The van der Waals surface area contributed by atoms with Gasteiger partial charge in [0.15, 0.2) is 5.82 Å². The van der Waals surface area contributed by atoms with Crippen molar-refractivity contribution in [1.82, 2.24) is 24.9 Å².